The minimum absolute atomic E-state index is 0. The lowest BCUT2D eigenvalue weighted by Crippen LogP contribution is -2.49. The molecule has 27 heavy (non-hydrogen) atoms. The van der Waals surface area contributed by atoms with Gasteiger partial charge in [0.25, 0.3) is 0 Å². The van der Waals surface area contributed by atoms with Crippen LogP contribution in [0, 0.1) is 6.92 Å². The number of halogens is 2. The zero-order valence-electron chi connectivity index (χ0n) is 15.6. The molecule has 1 fully saturated rings. The van der Waals surface area contributed by atoms with Crippen molar-refractivity contribution in [2.75, 3.05) is 26.2 Å². The van der Waals surface area contributed by atoms with E-state index in [9.17, 15) is 4.79 Å². The monoisotopic (exact) mass is 415 g/mol. The van der Waals surface area contributed by atoms with Gasteiger partial charge in [-0.05, 0) is 19.4 Å². The maximum atomic E-state index is 12.5. The van der Waals surface area contributed by atoms with Gasteiger partial charge in [-0.1, -0.05) is 35.5 Å². The number of benzene rings is 1. The minimum atomic E-state index is -0.257. The predicted octanol–water partition coefficient (Wildman–Crippen LogP) is 2.52. The quantitative estimate of drug-likeness (QED) is 0.806. The first-order valence-electron chi connectivity index (χ1n) is 8.67. The number of nitrogens with two attached hydrogens (primary N) is 1. The number of amides is 1. The zero-order chi connectivity index (χ0) is 17.8. The first-order chi connectivity index (χ1) is 12.0. The van der Waals surface area contributed by atoms with Gasteiger partial charge in [0, 0.05) is 38.6 Å². The topological polar surface area (TPSA) is 88.5 Å². The Morgan fingerprint density at radius 1 is 1.19 bits per heavy atom. The molecule has 2 aromatic rings. The molecule has 1 amide bonds. The Balaban J connectivity index is 0.00000182. The summed E-state index contributed by atoms with van der Waals surface area (Å²) in [5.74, 6) is 1.38. The van der Waals surface area contributed by atoms with Gasteiger partial charge >= 0.3 is 0 Å². The van der Waals surface area contributed by atoms with Crippen molar-refractivity contribution in [2.45, 2.75) is 32.4 Å². The largest absolute Gasteiger partial charge is 0.340 e. The predicted molar refractivity (Wildman–Crippen MR) is 108 cm³/mol. The summed E-state index contributed by atoms with van der Waals surface area (Å²) in [6.45, 7) is 6.82. The molecule has 150 valence electrons. The average Bonchev–Trinajstić information content (AvgIpc) is 3.08. The zero-order valence-corrected chi connectivity index (χ0v) is 17.2. The summed E-state index contributed by atoms with van der Waals surface area (Å²) in [7, 11) is 0. The summed E-state index contributed by atoms with van der Waals surface area (Å²) in [6, 6.07) is 9.56. The van der Waals surface area contributed by atoms with Gasteiger partial charge in [-0.2, -0.15) is 4.98 Å². The molecule has 1 aliphatic rings. The van der Waals surface area contributed by atoms with Crippen molar-refractivity contribution in [3.8, 4) is 0 Å². The molecule has 1 aliphatic heterocycles. The maximum absolute atomic E-state index is 12.5. The highest BCUT2D eigenvalue weighted by Crippen LogP contribution is 2.21. The molecule has 1 saturated heterocycles. The van der Waals surface area contributed by atoms with Gasteiger partial charge in [0.05, 0.1) is 6.04 Å². The van der Waals surface area contributed by atoms with Gasteiger partial charge in [0.2, 0.25) is 11.8 Å². The van der Waals surface area contributed by atoms with Gasteiger partial charge in [-0.3, -0.25) is 9.69 Å². The van der Waals surface area contributed by atoms with E-state index < -0.39 is 0 Å². The van der Waals surface area contributed by atoms with Crippen LogP contribution in [0.25, 0.3) is 0 Å². The first-order valence-corrected chi connectivity index (χ1v) is 8.67. The molecule has 9 heteroatoms. The maximum Gasteiger partial charge on any atom is 0.243 e. The lowest BCUT2D eigenvalue weighted by molar-refractivity contribution is -0.133. The van der Waals surface area contributed by atoms with Gasteiger partial charge in [0.15, 0.2) is 5.82 Å². The van der Waals surface area contributed by atoms with E-state index in [0.717, 1.165) is 18.7 Å². The highest BCUT2D eigenvalue weighted by molar-refractivity contribution is 5.85. The molecule has 0 aliphatic carbocycles. The number of carbonyl (C=O) groups excluding carboxylic acids is 1. The van der Waals surface area contributed by atoms with Crippen molar-refractivity contribution < 1.29 is 9.32 Å². The van der Waals surface area contributed by atoms with Crippen molar-refractivity contribution >= 4 is 30.7 Å². The van der Waals surface area contributed by atoms with E-state index in [2.05, 4.69) is 22.0 Å². The van der Waals surface area contributed by atoms with Crippen LogP contribution in [0.15, 0.2) is 34.9 Å². The summed E-state index contributed by atoms with van der Waals surface area (Å²) < 4.78 is 5.26. The Bertz CT molecular complexity index is 705. The lowest BCUT2D eigenvalue weighted by Gasteiger charge is -2.37. The number of aryl methyl sites for hydroxylation is 1. The Morgan fingerprint density at radius 3 is 2.37 bits per heavy atom. The molecule has 2 N–H and O–H groups in total. The van der Waals surface area contributed by atoms with E-state index in [1.807, 2.05) is 42.2 Å². The summed E-state index contributed by atoms with van der Waals surface area (Å²) >= 11 is 0. The van der Waals surface area contributed by atoms with Crippen LogP contribution < -0.4 is 5.73 Å². The van der Waals surface area contributed by atoms with E-state index in [0.29, 0.717) is 31.2 Å². The smallest absolute Gasteiger partial charge is 0.243 e. The molecule has 7 nitrogen and oxygen atoms in total. The Labute approximate surface area is 172 Å². The molecule has 0 bridgehead atoms. The van der Waals surface area contributed by atoms with Crippen molar-refractivity contribution in [3.05, 3.63) is 47.6 Å². The third-order valence-electron chi connectivity index (χ3n) is 4.74. The number of hydrogen-bond acceptors (Lipinski definition) is 6. The normalized spacial score (nSPS) is 16.8. The fourth-order valence-electron chi connectivity index (χ4n) is 3.13. The highest BCUT2D eigenvalue weighted by Gasteiger charge is 2.28. The third-order valence-corrected chi connectivity index (χ3v) is 4.74. The van der Waals surface area contributed by atoms with Gasteiger partial charge in [0.1, 0.15) is 0 Å². The molecular weight excluding hydrogens is 389 g/mol. The fourth-order valence-corrected chi connectivity index (χ4v) is 3.13. The molecule has 2 atom stereocenters. The van der Waals surface area contributed by atoms with Crippen LogP contribution in [0.2, 0.25) is 0 Å². The van der Waals surface area contributed by atoms with Crippen molar-refractivity contribution in [2.24, 2.45) is 5.73 Å². The van der Waals surface area contributed by atoms with Gasteiger partial charge in [-0.25, -0.2) is 0 Å². The third kappa shape index (κ3) is 5.90. The Kier molecular flexibility index (Phi) is 9.18. The average molecular weight is 416 g/mol. The number of carbonyl (C=O) groups is 1. The first kappa shape index (κ1) is 23.4. The number of aromatic nitrogens is 2. The van der Waals surface area contributed by atoms with E-state index in [1.54, 1.807) is 0 Å². The van der Waals surface area contributed by atoms with Crippen LogP contribution in [0.1, 0.15) is 42.7 Å². The van der Waals surface area contributed by atoms with E-state index >= 15 is 0 Å². The second-order valence-electron chi connectivity index (χ2n) is 6.49. The summed E-state index contributed by atoms with van der Waals surface area (Å²) in [5.41, 5.74) is 7.17. The molecule has 0 spiro atoms. The molecule has 2 heterocycles. The molecule has 1 aromatic heterocycles. The number of rotatable bonds is 5. The highest BCUT2D eigenvalue weighted by atomic mass is 35.5. The Hall–Kier alpha value is -1.67. The molecule has 0 saturated carbocycles. The van der Waals surface area contributed by atoms with Gasteiger partial charge < -0.3 is 15.2 Å². The van der Waals surface area contributed by atoms with Crippen molar-refractivity contribution in [1.29, 1.82) is 0 Å². The minimum Gasteiger partial charge on any atom is -0.340 e. The standard InChI is InChI=1S/C18H25N5O2.2ClH/c1-13(18-20-14(2)21-25-18)22-8-10-23(11-9-22)17(24)12-16(19)15-6-4-3-5-7-15;;/h3-7,13,16H,8-12,19H2,1-2H3;2*1H. The molecule has 3 rings (SSSR count). The second-order valence-corrected chi connectivity index (χ2v) is 6.49. The number of piperazine rings is 1. The SMILES string of the molecule is Cc1noc(C(C)N2CCN(C(=O)CC(N)c3ccccc3)CC2)n1.Cl.Cl. The van der Waals surface area contributed by atoms with Crippen LogP contribution in [0.3, 0.4) is 0 Å². The van der Waals surface area contributed by atoms with Crippen molar-refractivity contribution in [3.63, 3.8) is 0 Å². The second kappa shape index (κ2) is 10.6. The van der Waals surface area contributed by atoms with Crippen LogP contribution in [0.4, 0.5) is 0 Å². The Morgan fingerprint density at radius 2 is 1.81 bits per heavy atom. The van der Waals surface area contributed by atoms with Crippen LogP contribution in [-0.4, -0.2) is 52.0 Å². The summed E-state index contributed by atoms with van der Waals surface area (Å²) in [5, 5.41) is 3.85. The van der Waals surface area contributed by atoms with Crippen molar-refractivity contribution in [1.82, 2.24) is 19.9 Å². The van der Waals surface area contributed by atoms with Gasteiger partial charge in [-0.15, -0.1) is 24.8 Å². The van der Waals surface area contributed by atoms with E-state index in [4.69, 9.17) is 10.3 Å². The molecule has 0 radical (unpaired) electrons. The van der Waals surface area contributed by atoms with E-state index in [1.165, 1.54) is 0 Å². The fraction of sp³-hybridized carbons (Fsp3) is 0.500. The molecular formula is C18H27Cl2N5O2. The number of nitrogens with zero attached hydrogens (tertiary/aromatic N) is 4. The molecule has 1 aromatic carbocycles. The summed E-state index contributed by atoms with van der Waals surface area (Å²) in [6.07, 6.45) is 0.336. The number of hydrogen-bond donors (Lipinski definition) is 1. The summed E-state index contributed by atoms with van der Waals surface area (Å²) in [4.78, 5) is 21.0. The van der Waals surface area contributed by atoms with Crippen LogP contribution in [0.5, 0.6) is 0 Å². The van der Waals surface area contributed by atoms with E-state index in [-0.39, 0.29) is 42.8 Å². The molecule has 2 unspecified atom stereocenters. The van der Waals surface area contributed by atoms with Crippen LogP contribution >= 0.6 is 24.8 Å². The lowest BCUT2D eigenvalue weighted by atomic mass is 10.0. The van der Waals surface area contributed by atoms with Crippen LogP contribution in [-0.2, 0) is 4.79 Å².